The van der Waals surface area contributed by atoms with E-state index in [4.69, 9.17) is 13.8 Å². The zero-order valence-corrected chi connectivity index (χ0v) is 28.2. The van der Waals surface area contributed by atoms with Crippen molar-refractivity contribution in [3.05, 3.63) is 122 Å². The van der Waals surface area contributed by atoms with Crippen LogP contribution >= 0.6 is 30.7 Å². The molecule has 3 atom stereocenters. The van der Waals surface area contributed by atoms with Crippen molar-refractivity contribution in [1.29, 1.82) is 0 Å². The Morgan fingerprint density at radius 2 is 1.63 bits per heavy atom. The van der Waals surface area contributed by atoms with Crippen molar-refractivity contribution < 1.29 is 32.7 Å². The third-order valence-corrected chi connectivity index (χ3v) is 11.1. The lowest BCUT2D eigenvalue weighted by Gasteiger charge is -2.51. The van der Waals surface area contributed by atoms with Crippen LogP contribution in [0.15, 0.2) is 106 Å². The molecule has 1 aromatic heterocycles. The minimum Gasteiger partial charge on any atom is -0.451 e. The summed E-state index contributed by atoms with van der Waals surface area (Å²) in [4.78, 5) is 43.1. The Morgan fingerprint density at radius 1 is 1.00 bits per heavy atom. The molecular weight excluding hydrogens is 643 g/mol. The molecule has 2 unspecified atom stereocenters. The number of amides is 2. The van der Waals surface area contributed by atoms with E-state index in [2.05, 4.69) is 11.0 Å². The molecule has 1 fully saturated rings. The summed E-state index contributed by atoms with van der Waals surface area (Å²) in [6.45, 7) is 5.48. The van der Waals surface area contributed by atoms with Crippen molar-refractivity contribution in [3.8, 4) is 0 Å². The van der Waals surface area contributed by atoms with Gasteiger partial charge in [-0.1, -0.05) is 66.7 Å². The van der Waals surface area contributed by atoms with Crippen molar-refractivity contribution in [2.24, 2.45) is 0 Å². The van der Waals surface area contributed by atoms with Crippen LogP contribution in [0.3, 0.4) is 0 Å². The predicted molar refractivity (Wildman–Crippen MR) is 179 cm³/mol. The van der Waals surface area contributed by atoms with E-state index in [9.17, 15) is 18.9 Å². The number of carbonyl (C=O) groups excluding carboxylic acids is 3. The van der Waals surface area contributed by atoms with E-state index in [1.165, 1.54) is 33.8 Å². The van der Waals surface area contributed by atoms with E-state index < -0.39 is 43.0 Å². The van der Waals surface area contributed by atoms with Gasteiger partial charge in [-0.15, -0.1) is 28.8 Å². The molecule has 2 aromatic carbocycles. The highest BCUT2D eigenvalue weighted by Crippen LogP contribution is 2.50. The number of nitrogens with zero attached hydrogens (tertiary/aromatic N) is 1. The fourth-order valence-electron chi connectivity index (χ4n) is 5.22. The summed E-state index contributed by atoms with van der Waals surface area (Å²) in [6, 6.07) is 20.5. The number of rotatable bonds is 13. The number of hydrogen-bond acceptors (Lipinski definition) is 9. The Labute approximate surface area is 276 Å². The first-order chi connectivity index (χ1) is 22.2. The molecular formula is C34H35N2O7PS2. The van der Waals surface area contributed by atoms with E-state index in [1.54, 1.807) is 26.2 Å². The second-order valence-corrected chi connectivity index (χ2v) is 14.3. The zero-order chi connectivity index (χ0) is 32.7. The number of carbonyl (C=O) groups is 3. The number of nitrogens with one attached hydrogen (secondary N) is 1. The minimum atomic E-state index is -3.58. The van der Waals surface area contributed by atoms with Crippen LogP contribution in [0.2, 0.25) is 0 Å². The lowest BCUT2D eigenvalue weighted by molar-refractivity contribution is -0.165. The van der Waals surface area contributed by atoms with E-state index in [-0.39, 0.29) is 25.5 Å². The average molecular weight is 679 g/mol. The van der Waals surface area contributed by atoms with Crippen molar-refractivity contribution in [2.75, 3.05) is 13.2 Å². The molecule has 240 valence electrons. The number of fused-ring (bicyclic) bond motifs is 1. The Balaban J connectivity index is 1.48. The minimum absolute atomic E-state index is 0.160. The molecule has 1 N–H and O–H groups in total. The molecule has 12 heteroatoms. The first-order valence-corrected chi connectivity index (χ1v) is 18.3. The highest BCUT2D eigenvalue weighted by atomic mass is 32.2. The van der Waals surface area contributed by atoms with Gasteiger partial charge in [0.05, 0.1) is 25.5 Å². The van der Waals surface area contributed by atoms with Crippen LogP contribution in [0.25, 0.3) is 0 Å². The number of hydrogen-bond donors (Lipinski definition) is 1. The third kappa shape index (κ3) is 7.64. The number of thiophene rings is 1. The highest BCUT2D eigenvalue weighted by molar-refractivity contribution is 8.03. The largest absolute Gasteiger partial charge is 0.451 e. The quantitative estimate of drug-likeness (QED) is 0.0932. The standard InChI is InChI=1S/C34H35N2O7PS2/c1-4-41-44(40,42-5-2)19-18-23(3)27-22-46-33-29(35-28(37)21-26-17-12-20-45-26)32(38)36(33)30(27)34(39)43-31(24-13-8-6-9-14-24)25-15-10-7-11-16-25/h6-17,19-20,22,29-31,33H,4-5,21H2,1-3H3,(H,35,37)/t18?,29-,30?,33?/m1/s1. The third-order valence-electron chi connectivity index (χ3n) is 7.37. The van der Waals surface area contributed by atoms with Crippen LogP contribution in [-0.2, 0) is 39.2 Å². The Kier molecular flexibility index (Phi) is 11.2. The molecule has 3 heterocycles. The van der Waals surface area contributed by atoms with Gasteiger partial charge >= 0.3 is 13.6 Å². The molecule has 2 amide bonds. The van der Waals surface area contributed by atoms with Crippen LogP contribution in [0.5, 0.6) is 0 Å². The number of thioether (sulfide) groups is 1. The topological polar surface area (TPSA) is 111 Å². The van der Waals surface area contributed by atoms with Gasteiger partial charge in [0.15, 0.2) is 12.1 Å². The molecule has 5 rings (SSSR count). The van der Waals surface area contributed by atoms with Crippen LogP contribution in [-0.4, -0.2) is 53.4 Å². The maximum absolute atomic E-state index is 14.2. The summed E-state index contributed by atoms with van der Waals surface area (Å²) < 4.78 is 30.1. The maximum atomic E-state index is 14.2. The molecule has 9 nitrogen and oxygen atoms in total. The number of ether oxygens (including phenoxy) is 1. The molecule has 2 aliphatic rings. The first-order valence-electron chi connectivity index (χ1n) is 14.9. The SMILES string of the molecule is CCOP(=O)(C=C=C(C)C1=CSC2[C@H](NC(=O)Cc3cccs3)C(=O)N2C1C(=O)OC(c1ccccc1)c1ccccc1)OCC. The van der Waals surface area contributed by atoms with E-state index in [0.717, 1.165) is 16.0 Å². The number of esters is 1. The molecule has 0 spiro atoms. The van der Waals surface area contributed by atoms with Gasteiger partial charge in [0.1, 0.15) is 11.4 Å². The maximum Gasteiger partial charge on any atom is 0.361 e. The summed E-state index contributed by atoms with van der Waals surface area (Å²) in [6.07, 6.45) is -0.578. The van der Waals surface area contributed by atoms with Crippen LogP contribution < -0.4 is 5.32 Å². The number of β-lactam (4-membered cyclic amide) rings is 1. The van der Waals surface area contributed by atoms with Gasteiger partial charge in [0.25, 0.3) is 0 Å². The van der Waals surface area contributed by atoms with Gasteiger partial charge in [-0.05, 0) is 54.3 Å². The van der Waals surface area contributed by atoms with Crippen molar-refractivity contribution in [1.82, 2.24) is 10.2 Å². The second kappa shape index (κ2) is 15.3. The van der Waals surface area contributed by atoms with E-state index in [0.29, 0.717) is 11.1 Å². The first kappa shape index (κ1) is 33.7. The van der Waals surface area contributed by atoms with E-state index >= 15 is 0 Å². The van der Waals surface area contributed by atoms with E-state index in [1.807, 2.05) is 78.2 Å². The van der Waals surface area contributed by atoms with Gasteiger partial charge in [0, 0.05) is 10.5 Å². The summed E-state index contributed by atoms with van der Waals surface area (Å²) in [5.41, 5.74) is 5.44. The fraction of sp³-hybridized carbons (Fsp3) is 0.294. The highest BCUT2D eigenvalue weighted by Gasteiger charge is 2.56. The molecule has 0 aliphatic carbocycles. The predicted octanol–water partition coefficient (Wildman–Crippen LogP) is 6.60. The Hall–Kier alpha value is -3.69. The fourth-order valence-corrected chi connectivity index (χ4v) is 8.51. The summed E-state index contributed by atoms with van der Waals surface area (Å²) in [7, 11) is -3.58. The summed E-state index contributed by atoms with van der Waals surface area (Å²) in [5.74, 6) is -0.0706. The average Bonchev–Trinajstić information content (AvgIpc) is 3.58. The van der Waals surface area contributed by atoms with Gasteiger partial charge in [-0.2, -0.15) is 0 Å². The van der Waals surface area contributed by atoms with Crippen LogP contribution in [0.1, 0.15) is 42.9 Å². The lowest BCUT2D eigenvalue weighted by Crippen LogP contribution is -2.74. The monoisotopic (exact) mass is 678 g/mol. The van der Waals surface area contributed by atoms with Gasteiger partial charge < -0.3 is 24.0 Å². The lowest BCUT2D eigenvalue weighted by atomic mass is 9.94. The molecule has 0 radical (unpaired) electrons. The Bertz CT molecular complexity index is 1640. The van der Waals surface area contributed by atoms with Gasteiger partial charge in [-0.25, -0.2) is 4.79 Å². The Morgan fingerprint density at radius 3 is 2.20 bits per heavy atom. The van der Waals surface area contributed by atoms with Crippen molar-refractivity contribution in [2.45, 2.75) is 50.8 Å². The molecule has 0 bridgehead atoms. The van der Waals surface area contributed by atoms with Crippen LogP contribution in [0.4, 0.5) is 0 Å². The smallest absolute Gasteiger partial charge is 0.361 e. The molecule has 46 heavy (non-hydrogen) atoms. The van der Waals surface area contributed by atoms with Gasteiger partial charge in [0.2, 0.25) is 11.8 Å². The summed E-state index contributed by atoms with van der Waals surface area (Å²) in [5, 5.41) is 5.99. The van der Waals surface area contributed by atoms with Crippen molar-refractivity contribution in [3.63, 3.8) is 0 Å². The van der Waals surface area contributed by atoms with Crippen LogP contribution in [0, 0.1) is 0 Å². The molecule has 3 aromatic rings. The molecule has 2 aliphatic heterocycles. The summed E-state index contributed by atoms with van der Waals surface area (Å²) >= 11 is 2.78. The molecule has 1 saturated heterocycles. The molecule has 0 saturated carbocycles. The second-order valence-electron chi connectivity index (χ2n) is 10.5. The normalized spacial score (nSPS) is 19.0. The zero-order valence-electron chi connectivity index (χ0n) is 25.7. The van der Waals surface area contributed by atoms with Crippen molar-refractivity contribution >= 4 is 48.5 Å². The number of benzene rings is 2. The van der Waals surface area contributed by atoms with Gasteiger partial charge in [-0.3, -0.25) is 14.2 Å².